The summed E-state index contributed by atoms with van der Waals surface area (Å²) in [6.45, 7) is 1.02. The van der Waals surface area contributed by atoms with Crippen LogP contribution in [0.1, 0.15) is 17.2 Å². The average Bonchev–Trinajstić information content (AvgIpc) is 2.46. The van der Waals surface area contributed by atoms with E-state index in [0.29, 0.717) is 13.2 Å². The molecule has 0 fully saturated rings. The van der Waals surface area contributed by atoms with Crippen LogP contribution in [-0.4, -0.2) is 6.54 Å². The fourth-order valence-electron chi connectivity index (χ4n) is 1.69. The van der Waals surface area contributed by atoms with Gasteiger partial charge in [0.25, 0.3) is 0 Å². The summed E-state index contributed by atoms with van der Waals surface area (Å²) in [5.41, 5.74) is 13.5. The van der Waals surface area contributed by atoms with E-state index >= 15 is 0 Å². The molecule has 0 aliphatic heterocycles. The normalized spacial score (nSPS) is 11.5. The van der Waals surface area contributed by atoms with Gasteiger partial charge in [-0.25, -0.2) is 0 Å². The van der Waals surface area contributed by atoms with Gasteiger partial charge < -0.3 is 16.2 Å². The lowest BCUT2D eigenvalue weighted by Gasteiger charge is -2.10. The molecule has 0 radical (unpaired) electrons. The number of halogens is 1. The predicted molar refractivity (Wildman–Crippen MR) is 80.4 cm³/mol. The molecule has 0 heterocycles. The second kappa shape index (κ2) is 7.79. The summed E-state index contributed by atoms with van der Waals surface area (Å²) in [7, 11) is 0. The summed E-state index contributed by atoms with van der Waals surface area (Å²) in [4.78, 5) is 0. The maximum absolute atomic E-state index is 5.84. The molecule has 0 saturated heterocycles. The first-order valence-electron chi connectivity index (χ1n) is 6.02. The van der Waals surface area contributed by atoms with Gasteiger partial charge in [-0.1, -0.05) is 42.5 Å². The van der Waals surface area contributed by atoms with Crippen molar-refractivity contribution in [1.29, 1.82) is 0 Å². The zero-order valence-corrected chi connectivity index (χ0v) is 11.5. The largest absolute Gasteiger partial charge is 0.489 e. The quantitative estimate of drug-likeness (QED) is 0.884. The maximum atomic E-state index is 5.84. The highest BCUT2D eigenvalue weighted by Gasteiger charge is 2.03. The number of rotatable bonds is 5. The van der Waals surface area contributed by atoms with Crippen LogP contribution in [0.3, 0.4) is 0 Å². The minimum atomic E-state index is -0.104. The summed E-state index contributed by atoms with van der Waals surface area (Å²) in [5, 5.41) is 0. The van der Waals surface area contributed by atoms with Crippen LogP contribution in [0.15, 0.2) is 54.6 Å². The molecule has 2 aromatic carbocycles. The van der Waals surface area contributed by atoms with Crippen LogP contribution in [0, 0.1) is 0 Å². The Balaban J connectivity index is 0.00000180. The molecular formula is C15H19ClN2O. The summed E-state index contributed by atoms with van der Waals surface area (Å²) < 4.78 is 5.69. The molecule has 19 heavy (non-hydrogen) atoms. The fraction of sp³-hybridized carbons (Fsp3) is 0.200. The Kier molecular flexibility index (Phi) is 6.36. The van der Waals surface area contributed by atoms with Gasteiger partial charge in [0.15, 0.2) is 0 Å². The summed E-state index contributed by atoms with van der Waals surface area (Å²) in [6.07, 6.45) is 0. The third-order valence-electron chi connectivity index (χ3n) is 2.81. The monoisotopic (exact) mass is 278 g/mol. The van der Waals surface area contributed by atoms with Gasteiger partial charge in [-0.05, 0) is 23.3 Å². The molecule has 0 amide bonds. The van der Waals surface area contributed by atoms with E-state index in [1.807, 2.05) is 54.6 Å². The summed E-state index contributed by atoms with van der Waals surface area (Å²) in [5.74, 6) is 0.840. The van der Waals surface area contributed by atoms with Gasteiger partial charge in [0, 0.05) is 12.6 Å². The Morgan fingerprint density at radius 3 is 2.16 bits per heavy atom. The van der Waals surface area contributed by atoms with E-state index in [-0.39, 0.29) is 18.4 Å². The first kappa shape index (κ1) is 15.5. The van der Waals surface area contributed by atoms with E-state index < -0.39 is 0 Å². The molecule has 2 rings (SSSR count). The molecule has 0 bridgehead atoms. The number of nitrogens with two attached hydrogens (primary N) is 2. The van der Waals surface area contributed by atoms with Gasteiger partial charge in [-0.15, -0.1) is 12.4 Å². The Hall–Kier alpha value is -1.55. The van der Waals surface area contributed by atoms with Crippen LogP contribution in [0.25, 0.3) is 0 Å². The fourth-order valence-corrected chi connectivity index (χ4v) is 1.69. The van der Waals surface area contributed by atoms with E-state index in [1.54, 1.807) is 0 Å². The molecule has 0 aliphatic carbocycles. The molecule has 0 unspecified atom stereocenters. The predicted octanol–water partition coefficient (Wildman–Crippen LogP) is 2.65. The lowest BCUT2D eigenvalue weighted by Crippen LogP contribution is -2.20. The maximum Gasteiger partial charge on any atom is 0.119 e. The van der Waals surface area contributed by atoms with Gasteiger partial charge in [0.05, 0.1) is 0 Å². The van der Waals surface area contributed by atoms with Crippen LogP contribution >= 0.6 is 12.4 Å². The Bertz CT molecular complexity index is 473. The zero-order chi connectivity index (χ0) is 12.8. The second-order valence-electron chi connectivity index (χ2n) is 4.19. The Morgan fingerprint density at radius 1 is 0.947 bits per heavy atom. The lowest BCUT2D eigenvalue weighted by atomic mass is 10.1. The van der Waals surface area contributed by atoms with Crippen molar-refractivity contribution in [1.82, 2.24) is 0 Å². The van der Waals surface area contributed by atoms with Crippen LogP contribution < -0.4 is 16.2 Å². The van der Waals surface area contributed by atoms with Crippen LogP contribution in [-0.2, 0) is 6.61 Å². The molecule has 3 nitrogen and oxygen atoms in total. The average molecular weight is 279 g/mol. The molecule has 2 aromatic rings. The molecule has 0 aliphatic rings. The minimum absolute atomic E-state index is 0. The van der Waals surface area contributed by atoms with Crippen molar-refractivity contribution >= 4 is 12.4 Å². The highest BCUT2D eigenvalue weighted by Crippen LogP contribution is 2.17. The van der Waals surface area contributed by atoms with E-state index in [0.717, 1.165) is 16.9 Å². The summed E-state index contributed by atoms with van der Waals surface area (Å²) >= 11 is 0. The third kappa shape index (κ3) is 4.56. The van der Waals surface area contributed by atoms with Gasteiger partial charge >= 0.3 is 0 Å². The first-order valence-corrected chi connectivity index (χ1v) is 6.02. The van der Waals surface area contributed by atoms with E-state index in [9.17, 15) is 0 Å². The van der Waals surface area contributed by atoms with Gasteiger partial charge in [-0.3, -0.25) is 0 Å². The number of ether oxygens (including phenoxy) is 1. The third-order valence-corrected chi connectivity index (χ3v) is 2.81. The minimum Gasteiger partial charge on any atom is -0.489 e. The van der Waals surface area contributed by atoms with Crippen molar-refractivity contribution in [2.45, 2.75) is 12.6 Å². The van der Waals surface area contributed by atoms with E-state index in [4.69, 9.17) is 16.2 Å². The SMILES string of the molecule is Cl.NC[C@@H](N)c1ccc(OCc2ccccc2)cc1. The standard InChI is InChI=1S/C15H18N2O.ClH/c16-10-15(17)13-6-8-14(9-7-13)18-11-12-4-2-1-3-5-12;/h1-9,15H,10-11,16-17H2;1H/t15-;/m1./s1. The van der Waals surface area contributed by atoms with Crippen LogP contribution in [0.4, 0.5) is 0 Å². The molecule has 102 valence electrons. The first-order chi connectivity index (χ1) is 8.79. The van der Waals surface area contributed by atoms with Crippen molar-refractivity contribution in [3.63, 3.8) is 0 Å². The Labute approximate surface area is 120 Å². The molecular weight excluding hydrogens is 260 g/mol. The molecule has 0 spiro atoms. The molecule has 4 heteroatoms. The molecule has 1 atom stereocenters. The van der Waals surface area contributed by atoms with Gasteiger partial charge in [-0.2, -0.15) is 0 Å². The number of hydrogen-bond donors (Lipinski definition) is 2. The number of hydrogen-bond acceptors (Lipinski definition) is 3. The van der Waals surface area contributed by atoms with Gasteiger partial charge in [0.1, 0.15) is 12.4 Å². The van der Waals surface area contributed by atoms with Crippen LogP contribution in [0.2, 0.25) is 0 Å². The van der Waals surface area contributed by atoms with Gasteiger partial charge in [0.2, 0.25) is 0 Å². The number of benzene rings is 2. The molecule has 4 N–H and O–H groups in total. The zero-order valence-electron chi connectivity index (χ0n) is 10.7. The lowest BCUT2D eigenvalue weighted by molar-refractivity contribution is 0.306. The second-order valence-corrected chi connectivity index (χ2v) is 4.19. The van der Waals surface area contributed by atoms with E-state index in [2.05, 4.69) is 0 Å². The van der Waals surface area contributed by atoms with Crippen molar-refractivity contribution in [3.05, 3.63) is 65.7 Å². The highest BCUT2D eigenvalue weighted by atomic mass is 35.5. The van der Waals surface area contributed by atoms with Crippen molar-refractivity contribution in [2.75, 3.05) is 6.54 Å². The smallest absolute Gasteiger partial charge is 0.119 e. The molecule has 0 aromatic heterocycles. The van der Waals surface area contributed by atoms with Crippen molar-refractivity contribution in [3.8, 4) is 5.75 Å². The highest BCUT2D eigenvalue weighted by molar-refractivity contribution is 5.85. The van der Waals surface area contributed by atoms with Crippen molar-refractivity contribution < 1.29 is 4.74 Å². The summed E-state index contributed by atoms with van der Waals surface area (Å²) in [6, 6.07) is 17.7. The Morgan fingerprint density at radius 2 is 1.58 bits per heavy atom. The van der Waals surface area contributed by atoms with E-state index in [1.165, 1.54) is 0 Å². The van der Waals surface area contributed by atoms with Crippen LogP contribution in [0.5, 0.6) is 5.75 Å². The molecule has 0 saturated carbocycles. The van der Waals surface area contributed by atoms with Crippen molar-refractivity contribution in [2.24, 2.45) is 11.5 Å². The topological polar surface area (TPSA) is 61.3 Å².